The van der Waals surface area contributed by atoms with Crippen molar-refractivity contribution in [1.29, 1.82) is 0 Å². The molecule has 0 spiro atoms. The number of ether oxygens (including phenoxy) is 1. The summed E-state index contributed by atoms with van der Waals surface area (Å²) in [7, 11) is 1.66. The minimum Gasteiger partial charge on any atom is -0.497 e. The van der Waals surface area contributed by atoms with Gasteiger partial charge in [-0.1, -0.05) is 25.0 Å². The SMILES string of the molecule is COc1cccc(CCNC(=O)C2CCC(C(=O)N3CCCCCC3)CC2)c1. The van der Waals surface area contributed by atoms with Crippen LogP contribution in [0.2, 0.25) is 0 Å². The van der Waals surface area contributed by atoms with Crippen LogP contribution in [0.1, 0.15) is 56.9 Å². The van der Waals surface area contributed by atoms with Crippen molar-refractivity contribution in [3.63, 3.8) is 0 Å². The number of nitrogens with zero attached hydrogens (tertiary/aromatic N) is 1. The van der Waals surface area contributed by atoms with E-state index in [9.17, 15) is 9.59 Å². The number of amides is 2. The Morgan fingerprint density at radius 3 is 2.39 bits per heavy atom. The molecule has 5 nitrogen and oxygen atoms in total. The summed E-state index contributed by atoms with van der Waals surface area (Å²) in [5.41, 5.74) is 1.16. The number of rotatable bonds is 6. The van der Waals surface area contributed by atoms with Gasteiger partial charge in [0.2, 0.25) is 11.8 Å². The van der Waals surface area contributed by atoms with Crippen LogP contribution in [0.15, 0.2) is 24.3 Å². The van der Waals surface area contributed by atoms with Crippen LogP contribution in [0, 0.1) is 11.8 Å². The number of nitrogens with one attached hydrogen (secondary N) is 1. The summed E-state index contributed by atoms with van der Waals surface area (Å²) < 4.78 is 5.24. The third-order valence-electron chi connectivity index (χ3n) is 6.21. The minimum atomic E-state index is 0.0542. The van der Waals surface area contributed by atoms with Gasteiger partial charge in [0, 0.05) is 31.5 Å². The second kappa shape index (κ2) is 10.5. The molecule has 1 saturated carbocycles. The van der Waals surface area contributed by atoms with Crippen LogP contribution in [-0.4, -0.2) is 43.5 Å². The minimum absolute atomic E-state index is 0.0542. The second-order valence-corrected chi connectivity index (χ2v) is 8.18. The molecule has 154 valence electrons. The van der Waals surface area contributed by atoms with Gasteiger partial charge in [-0.05, 0) is 62.6 Å². The van der Waals surface area contributed by atoms with Crippen molar-refractivity contribution in [1.82, 2.24) is 10.2 Å². The van der Waals surface area contributed by atoms with Crippen LogP contribution in [0.3, 0.4) is 0 Å². The van der Waals surface area contributed by atoms with E-state index in [0.717, 1.165) is 69.3 Å². The molecular weight excluding hydrogens is 352 g/mol. The molecule has 1 aliphatic heterocycles. The molecular formula is C23H34N2O3. The predicted molar refractivity (Wildman–Crippen MR) is 110 cm³/mol. The van der Waals surface area contributed by atoms with Crippen molar-refractivity contribution < 1.29 is 14.3 Å². The normalized spacial score (nSPS) is 23.0. The van der Waals surface area contributed by atoms with Gasteiger partial charge in [0.1, 0.15) is 5.75 Å². The van der Waals surface area contributed by atoms with Crippen LogP contribution >= 0.6 is 0 Å². The van der Waals surface area contributed by atoms with Gasteiger partial charge < -0.3 is 15.0 Å². The van der Waals surface area contributed by atoms with Crippen molar-refractivity contribution >= 4 is 11.8 Å². The fourth-order valence-electron chi connectivity index (χ4n) is 4.45. The van der Waals surface area contributed by atoms with Crippen LogP contribution < -0.4 is 10.1 Å². The molecule has 0 bridgehead atoms. The quantitative estimate of drug-likeness (QED) is 0.813. The van der Waals surface area contributed by atoms with Gasteiger partial charge >= 0.3 is 0 Å². The van der Waals surface area contributed by atoms with Crippen LogP contribution in [-0.2, 0) is 16.0 Å². The maximum absolute atomic E-state index is 12.8. The zero-order chi connectivity index (χ0) is 19.8. The smallest absolute Gasteiger partial charge is 0.225 e. The maximum atomic E-state index is 12.8. The Hall–Kier alpha value is -2.04. The molecule has 1 aromatic rings. The first kappa shape index (κ1) is 20.7. The number of carbonyl (C=O) groups is 2. The molecule has 0 atom stereocenters. The number of carbonyl (C=O) groups excluding carboxylic acids is 2. The van der Waals surface area contributed by atoms with Crippen LogP contribution in [0.5, 0.6) is 5.75 Å². The molecule has 2 fully saturated rings. The van der Waals surface area contributed by atoms with E-state index in [2.05, 4.69) is 10.2 Å². The lowest BCUT2D eigenvalue weighted by Gasteiger charge is -2.31. The van der Waals surface area contributed by atoms with E-state index in [-0.39, 0.29) is 17.7 Å². The Morgan fingerprint density at radius 1 is 1.04 bits per heavy atom. The molecule has 28 heavy (non-hydrogen) atoms. The number of likely N-dealkylation sites (tertiary alicyclic amines) is 1. The fourth-order valence-corrected chi connectivity index (χ4v) is 4.45. The van der Waals surface area contributed by atoms with E-state index in [4.69, 9.17) is 4.74 Å². The Balaban J connectivity index is 1.39. The molecule has 3 rings (SSSR count). The number of hydrogen-bond acceptors (Lipinski definition) is 3. The van der Waals surface area contributed by atoms with Gasteiger partial charge in [-0.3, -0.25) is 9.59 Å². The lowest BCUT2D eigenvalue weighted by Crippen LogP contribution is -2.40. The lowest BCUT2D eigenvalue weighted by molar-refractivity contribution is -0.138. The Morgan fingerprint density at radius 2 is 1.71 bits per heavy atom. The first-order valence-electron chi connectivity index (χ1n) is 10.9. The average molecular weight is 387 g/mol. The number of hydrogen-bond donors (Lipinski definition) is 1. The number of benzene rings is 1. The summed E-state index contributed by atoms with van der Waals surface area (Å²) in [5.74, 6) is 1.50. The van der Waals surface area contributed by atoms with Crippen molar-refractivity contribution in [3.05, 3.63) is 29.8 Å². The summed E-state index contributed by atoms with van der Waals surface area (Å²) in [6.07, 6.45) is 8.91. The second-order valence-electron chi connectivity index (χ2n) is 8.18. The molecule has 2 aliphatic rings. The molecule has 5 heteroatoms. The molecule has 1 N–H and O–H groups in total. The molecule has 2 amide bonds. The largest absolute Gasteiger partial charge is 0.497 e. The topological polar surface area (TPSA) is 58.6 Å². The van der Waals surface area contributed by atoms with E-state index in [1.165, 1.54) is 12.8 Å². The van der Waals surface area contributed by atoms with Crippen LogP contribution in [0.25, 0.3) is 0 Å². The molecule has 1 saturated heterocycles. The maximum Gasteiger partial charge on any atom is 0.225 e. The summed E-state index contributed by atoms with van der Waals surface area (Å²) in [5, 5.41) is 3.08. The Kier molecular flexibility index (Phi) is 7.75. The molecule has 0 unspecified atom stereocenters. The highest BCUT2D eigenvalue weighted by Crippen LogP contribution is 2.30. The van der Waals surface area contributed by atoms with Crippen molar-refractivity contribution in [2.24, 2.45) is 11.8 Å². The first-order chi connectivity index (χ1) is 13.7. The molecule has 1 heterocycles. The average Bonchev–Trinajstić information content (AvgIpc) is 3.03. The summed E-state index contributed by atoms with van der Waals surface area (Å²) in [4.78, 5) is 27.4. The van der Waals surface area contributed by atoms with Crippen molar-refractivity contribution in [3.8, 4) is 5.75 Å². The molecule has 1 aliphatic carbocycles. The zero-order valence-electron chi connectivity index (χ0n) is 17.1. The fraction of sp³-hybridized carbons (Fsp3) is 0.652. The van der Waals surface area contributed by atoms with Crippen LogP contribution in [0.4, 0.5) is 0 Å². The number of methoxy groups -OCH3 is 1. The van der Waals surface area contributed by atoms with E-state index >= 15 is 0 Å². The van der Waals surface area contributed by atoms with Crippen molar-refractivity contribution in [2.45, 2.75) is 57.8 Å². The van der Waals surface area contributed by atoms with E-state index in [1.807, 2.05) is 24.3 Å². The third-order valence-corrected chi connectivity index (χ3v) is 6.21. The predicted octanol–water partition coefficient (Wildman–Crippen LogP) is 3.56. The van der Waals surface area contributed by atoms with Gasteiger partial charge in [-0.2, -0.15) is 0 Å². The zero-order valence-corrected chi connectivity index (χ0v) is 17.1. The summed E-state index contributed by atoms with van der Waals surface area (Å²) >= 11 is 0. The van der Waals surface area contributed by atoms with E-state index < -0.39 is 0 Å². The highest BCUT2D eigenvalue weighted by molar-refractivity contribution is 5.81. The highest BCUT2D eigenvalue weighted by Gasteiger charge is 2.32. The van der Waals surface area contributed by atoms with Gasteiger partial charge in [0.15, 0.2) is 0 Å². The lowest BCUT2D eigenvalue weighted by atomic mass is 9.81. The highest BCUT2D eigenvalue weighted by atomic mass is 16.5. The van der Waals surface area contributed by atoms with Gasteiger partial charge in [0.05, 0.1) is 7.11 Å². The van der Waals surface area contributed by atoms with Gasteiger partial charge in [-0.15, -0.1) is 0 Å². The van der Waals surface area contributed by atoms with Crippen molar-refractivity contribution in [2.75, 3.05) is 26.7 Å². The van der Waals surface area contributed by atoms with E-state index in [0.29, 0.717) is 12.5 Å². The Bertz CT molecular complexity index is 645. The third kappa shape index (κ3) is 5.73. The van der Waals surface area contributed by atoms with E-state index in [1.54, 1.807) is 7.11 Å². The Labute approximate surface area is 168 Å². The molecule has 0 aromatic heterocycles. The molecule has 0 radical (unpaired) electrons. The van der Waals surface area contributed by atoms with Gasteiger partial charge in [-0.25, -0.2) is 0 Å². The van der Waals surface area contributed by atoms with Gasteiger partial charge in [0.25, 0.3) is 0 Å². The summed E-state index contributed by atoms with van der Waals surface area (Å²) in [6, 6.07) is 7.95. The first-order valence-corrected chi connectivity index (χ1v) is 10.9. The summed E-state index contributed by atoms with van der Waals surface area (Å²) in [6.45, 7) is 2.48. The standard InChI is InChI=1S/C23H34N2O3/c1-28-21-8-6-7-18(17-21)13-14-24-22(26)19-9-11-20(12-10-19)23(27)25-15-4-2-3-5-16-25/h6-8,17,19-20H,2-5,9-16H2,1H3,(H,24,26). The molecule has 1 aromatic carbocycles. The monoisotopic (exact) mass is 386 g/mol.